The Morgan fingerprint density at radius 1 is 1.39 bits per heavy atom. The summed E-state index contributed by atoms with van der Waals surface area (Å²) < 4.78 is 1.37. The quantitative estimate of drug-likeness (QED) is 0.806. The lowest BCUT2D eigenvalue weighted by molar-refractivity contribution is -0.126. The largest absolute Gasteiger partial charge is 0.323 e. The molecule has 0 bridgehead atoms. The van der Waals surface area contributed by atoms with Gasteiger partial charge >= 0.3 is 0 Å². The maximum absolute atomic E-state index is 12.1. The first-order valence-electron chi connectivity index (χ1n) is 5.36. The van der Waals surface area contributed by atoms with Crippen LogP contribution in [0.3, 0.4) is 0 Å². The fourth-order valence-corrected chi connectivity index (χ4v) is 3.68. The number of rotatable bonds is 2. The summed E-state index contributed by atoms with van der Waals surface area (Å²) in [5.41, 5.74) is -0.260. The number of hydrogen-bond donors (Lipinski definition) is 1. The Balaban J connectivity index is 2.25. The van der Waals surface area contributed by atoms with Crippen molar-refractivity contribution in [1.29, 1.82) is 5.26 Å². The summed E-state index contributed by atoms with van der Waals surface area (Å²) in [7, 11) is 0. The predicted molar refractivity (Wildman–Crippen MR) is 77.4 cm³/mol. The molecule has 1 aromatic rings. The highest BCUT2D eigenvalue weighted by molar-refractivity contribution is 9.11. The molecule has 1 aliphatic carbocycles. The molecule has 0 radical (unpaired) electrons. The molecule has 0 saturated heterocycles. The molecular formula is C12H9Br2ClN2O. The molecule has 1 amide bonds. The van der Waals surface area contributed by atoms with E-state index in [1.54, 1.807) is 12.1 Å². The van der Waals surface area contributed by atoms with Crippen LogP contribution in [0.2, 0.25) is 5.02 Å². The van der Waals surface area contributed by atoms with Crippen LogP contribution < -0.4 is 5.32 Å². The first-order valence-corrected chi connectivity index (χ1v) is 7.32. The third-order valence-electron chi connectivity index (χ3n) is 3.10. The number of nitrogens with one attached hydrogen (secondary N) is 1. The normalized spacial score (nSPS) is 16.6. The van der Waals surface area contributed by atoms with Crippen molar-refractivity contribution in [3.63, 3.8) is 0 Å². The molecule has 3 nitrogen and oxygen atoms in total. The average Bonchev–Trinajstić information content (AvgIpc) is 2.22. The number of nitriles is 1. The lowest BCUT2D eigenvalue weighted by atomic mass is 9.69. The highest BCUT2D eigenvalue weighted by atomic mass is 79.9. The lowest BCUT2D eigenvalue weighted by Gasteiger charge is -2.33. The number of carbonyl (C=O) groups excluding carboxylic acids is 1. The van der Waals surface area contributed by atoms with Crippen LogP contribution in [-0.4, -0.2) is 5.91 Å². The second-order valence-electron chi connectivity index (χ2n) is 4.25. The van der Waals surface area contributed by atoms with E-state index in [9.17, 15) is 4.79 Å². The molecule has 0 spiro atoms. The van der Waals surface area contributed by atoms with Gasteiger partial charge in [0.2, 0.25) is 5.91 Å². The summed E-state index contributed by atoms with van der Waals surface area (Å²) in [6.07, 6.45) is 2.17. The minimum atomic E-state index is -0.863. The Morgan fingerprint density at radius 3 is 2.33 bits per heavy atom. The van der Waals surface area contributed by atoms with Crippen LogP contribution in [0.5, 0.6) is 0 Å². The van der Waals surface area contributed by atoms with Crippen LogP contribution in [0.4, 0.5) is 5.69 Å². The molecule has 1 aliphatic rings. The number of hydrogen-bond acceptors (Lipinski definition) is 2. The average molecular weight is 392 g/mol. The molecule has 0 aromatic heterocycles. The van der Waals surface area contributed by atoms with Gasteiger partial charge in [0, 0.05) is 14.0 Å². The van der Waals surface area contributed by atoms with Crippen LogP contribution in [0, 0.1) is 16.7 Å². The maximum atomic E-state index is 12.1. The fraction of sp³-hybridized carbons (Fsp3) is 0.333. The third-order valence-corrected chi connectivity index (χ3v) is 4.57. The fourth-order valence-electron chi connectivity index (χ4n) is 1.81. The van der Waals surface area contributed by atoms with Crippen LogP contribution in [0.25, 0.3) is 0 Å². The molecule has 0 atom stereocenters. The van der Waals surface area contributed by atoms with Gasteiger partial charge in [-0.2, -0.15) is 5.26 Å². The van der Waals surface area contributed by atoms with Crippen molar-refractivity contribution in [3.8, 4) is 6.07 Å². The molecule has 1 saturated carbocycles. The summed E-state index contributed by atoms with van der Waals surface area (Å²) in [4.78, 5) is 12.1. The van der Waals surface area contributed by atoms with E-state index in [4.69, 9.17) is 16.9 Å². The highest BCUT2D eigenvalue weighted by Gasteiger charge is 2.44. The summed E-state index contributed by atoms with van der Waals surface area (Å²) in [5.74, 6) is -0.250. The van der Waals surface area contributed by atoms with E-state index in [0.29, 0.717) is 32.5 Å². The van der Waals surface area contributed by atoms with E-state index >= 15 is 0 Å². The first kappa shape index (κ1) is 13.9. The summed E-state index contributed by atoms with van der Waals surface area (Å²) in [6.45, 7) is 0. The molecule has 0 heterocycles. The van der Waals surface area contributed by atoms with Crippen molar-refractivity contribution in [3.05, 3.63) is 26.1 Å². The summed E-state index contributed by atoms with van der Waals surface area (Å²) in [5, 5.41) is 12.5. The van der Waals surface area contributed by atoms with Crippen molar-refractivity contribution in [1.82, 2.24) is 0 Å². The van der Waals surface area contributed by atoms with Crippen LogP contribution in [0.15, 0.2) is 21.1 Å². The zero-order valence-electron chi connectivity index (χ0n) is 9.27. The van der Waals surface area contributed by atoms with Gasteiger partial charge in [-0.25, -0.2) is 0 Å². The Hall–Kier alpha value is -0.570. The van der Waals surface area contributed by atoms with E-state index in [0.717, 1.165) is 6.42 Å². The van der Waals surface area contributed by atoms with Crippen molar-refractivity contribution in [2.45, 2.75) is 19.3 Å². The predicted octanol–water partition coefficient (Wildman–Crippen LogP) is 4.50. The van der Waals surface area contributed by atoms with Gasteiger partial charge in [0.15, 0.2) is 0 Å². The third kappa shape index (κ3) is 2.42. The van der Waals surface area contributed by atoms with Crippen LogP contribution in [0.1, 0.15) is 19.3 Å². The summed E-state index contributed by atoms with van der Waals surface area (Å²) in [6, 6.07) is 5.51. The van der Waals surface area contributed by atoms with E-state index in [1.165, 1.54) is 0 Å². The first-order chi connectivity index (χ1) is 8.48. The van der Waals surface area contributed by atoms with Crippen LogP contribution >= 0.6 is 43.5 Å². The number of carbonyl (C=O) groups is 1. The summed E-state index contributed by atoms with van der Waals surface area (Å²) >= 11 is 12.6. The molecule has 18 heavy (non-hydrogen) atoms. The molecule has 6 heteroatoms. The van der Waals surface area contributed by atoms with Gasteiger partial charge in [-0.05, 0) is 63.3 Å². The van der Waals surface area contributed by atoms with Crippen molar-refractivity contribution in [2.75, 3.05) is 5.32 Å². The SMILES string of the molecule is N#CC1(C(=O)Nc2c(Br)cc(Cl)cc2Br)CCC1. The van der Waals surface area contributed by atoms with Gasteiger partial charge < -0.3 is 5.32 Å². The number of benzene rings is 1. The minimum Gasteiger partial charge on any atom is -0.323 e. The van der Waals surface area contributed by atoms with Gasteiger partial charge in [-0.1, -0.05) is 11.6 Å². The molecule has 0 aliphatic heterocycles. The Morgan fingerprint density at radius 2 is 1.94 bits per heavy atom. The maximum Gasteiger partial charge on any atom is 0.244 e. The Kier molecular flexibility index (Phi) is 4.00. The zero-order valence-corrected chi connectivity index (χ0v) is 13.2. The molecule has 1 fully saturated rings. The second-order valence-corrected chi connectivity index (χ2v) is 6.39. The minimum absolute atomic E-state index is 0.250. The van der Waals surface area contributed by atoms with E-state index in [1.807, 2.05) is 0 Å². The smallest absolute Gasteiger partial charge is 0.244 e. The van der Waals surface area contributed by atoms with Crippen molar-refractivity contribution >= 4 is 55.1 Å². The van der Waals surface area contributed by atoms with Gasteiger partial charge in [0.25, 0.3) is 0 Å². The molecular weight excluding hydrogens is 383 g/mol. The number of halogens is 3. The van der Waals surface area contributed by atoms with Crippen molar-refractivity contribution in [2.24, 2.45) is 5.41 Å². The molecule has 2 rings (SSSR count). The standard InChI is InChI=1S/C12H9Br2ClN2O/c13-8-4-7(15)5-9(14)10(8)17-11(18)12(6-16)2-1-3-12/h4-5H,1-3H2,(H,17,18). The van der Waals surface area contributed by atoms with Crippen LogP contribution in [-0.2, 0) is 4.79 Å². The van der Waals surface area contributed by atoms with E-state index in [-0.39, 0.29) is 5.91 Å². The molecule has 94 valence electrons. The molecule has 1 aromatic carbocycles. The van der Waals surface area contributed by atoms with Gasteiger partial charge in [-0.3, -0.25) is 4.79 Å². The zero-order chi connectivity index (χ0) is 13.3. The number of nitrogens with zero attached hydrogens (tertiary/aromatic N) is 1. The monoisotopic (exact) mass is 390 g/mol. The highest BCUT2D eigenvalue weighted by Crippen LogP contribution is 2.42. The second kappa shape index (κ2) is 5.20. The number of amides is 1. The Labute approximate surface area is 127 Å². The van der Waals surface area contributed by atoms with E-state index in [2.05, 4.69) is 43.2 Å². The topological polar surface area (TPSA) is 52.9 Å². The lowest BCUT2D eigenvalue weighted by Crippen LogP contribution is -2.40. The van der Waals surface area contributed by atoms with Gasteiger partial charge in [0.05, 0.1) is 11.8 Å². The van der Waals surface area contributed by atoms with Crippen molar-refractivity contribution < 1.29 is 4.79 Å². The van der Waals surface area contributed by atoms with Gasteiger partial charge in [0.1, 0.15) is 5.41 Å². The van der Waals surface area contributed by atoms with E-state index < -0.39 is 5.41 Å². The Bertz CT molecular complexity index is 526. The van der Waals surface area contributed by atoms with Gasteiger partial charge in [-0.15, -0.1) is 0 Å². The number of anilines is 1. The molecule has 0 unspecified atom stereocenters. The molecule has 1 N–H and O–H groups in total.